The SMILES string of the molecule is COc1ccc(-c2nc3c(C(=O)NC4CC5CCCC(C4)N5C)cc(Br)cc3o2)cc1. The van der Waals surface area contributed by atoms with Crippen LogP contribution in [0.2, 0.25) is 0 Å². The molecule has 0 spiro atoms. The lowest BCUT2D eigenvalue weighted by molar-refractivity contribution is 0.0463. The van der Waals surface area contributed by atoms with Gasteiger partial charge in [0.25, 0.3) is 5.91 Å². The van der Waals surface area contributed by atoms with E-state index in [-0.39, 0.29) is 11.9 Å². The average Bonchev–Trinajstić information content (AvgIpc) is 3.17. The molecule has 1 aromatic heterocycles. The molecule has 5 rings (SSSR count). The van der Waals surface area contributed by atoms with Crippen LogP contribution in [0.1, 0.15) is 42.5 Å². The number of ether oxygens (including phenoxy) is 1. The molecule has 2 aliphatic heterocycles. The van der Waals surface area contributed by atoms with Crippen molar-refractivity contribution in [1.82, 2.24) is 15.2 Å². The Kier molecular flexibility index (Phi) is 5.48. The van der Waals surface area contributed by atoms with Crippen LogP contribution < -0.4 is 10.1 Å². The molecule has 162 valence electrons. The topological polar surface area (TPSA) is 67.6 Å². The van der Waals surface area contributed by atoms with Gasteiger partial charge in [-0.1, -0.05) is 22.4 Å². The summed E-state index contributed by atoms with van der Waals surface area (Å²) in [5.41, 5.74) is 2.55. The molecule has 0 aliphatic carbocycles. The molecule has 2 aliphatic rings. The van der Waals surface area contributed by atoms with Gasteiger partial charge >= 0.3 is 0 Å². The van der Waals surface area contributed by atoms with Crippen molar-refractivity contribution < 1.29 is 13.9 Å². The zero-order valence-electron chi connectivity index (χ0n) is 17.7. The van der Waals surface area contributed by atoms with Crippen LogP contribution in [0.5, 0.6) is 5.75 Å². The number of halogens is 1. The number of amides is 1. The molecule has 0 saturated carbocycles. The van der Waals surface area contributed by atoms with Gasteiger partial charge in [0, 0.05) is 28.2 Å². The Bertz CT molecular complexity index is 1100. The smallest absolute Gasteiger partial charge is 0.253 e. The highest BCUT2D eigenvalue weighted by atomic mass is 79.9. The number of hydrogen-bond donors (Lipinski definition) is 1. The Balaban J connectivity index is 1.42. The monoisotopic (exact) mass is 483 g/mol. The van der Waals surface area contributed by atoms with Gasteiger partial charge in [0.2, 0.25) is 5.89 Å². The first-order chi connectivity index (χ1) is 15.0. The molecule has 2 aromatic carbocycles. The fourth-order valence-corrected chi connectivity index (χ4v) is 5.46. The number of carbonyl (C=O) groups is 1. The van der Waals surface area contributed by atoms with E-state index in [4.69, 9.17) is 9.15 Å². The zero-order valence-corrected chi connectivity index (χ0v) is 19.3. The largest absolute Gasteiger partial charge is 0.497 e. The number of methoxy groups -OCH3 is 1. The van der Waals surface area contributed by atoms with Gasteiger partial charge in [-0.3, -0.25) is 4.79 Å². The summed E-state index contributed by atoms with van der Waals surface area (Å²) < 4.78 is 12.0. The second-order valence-electron chi connectivity index (χ2n) is 8.59. The minimum absolute atomic E-state index is 0.0893. The molecule has 1 N–H and O–H groups in total. The number of aromatic nitrogens is 1. The zero-order chi connectivity index (χ0) is 21.5. The van der Waals surface area contributed by atoms with Crippen LogP contribution in [0.25, 0.3) is 22.6 Å². The third-order valence-electron chi connectivity index (χ3n) is 6.72. The fourth-order valence-electron chi connectivity index (χ4n) is 5.02. The molecule has 3 heterocycles. The van der Waals surface area contributed by atoms with E-state index in [1.165, 1.54) is 19.3 Å². The summed E-state index contributed by atoms with van der Waals surface area (Å²) in [6.45, 7) is 0. The lowest BCUT2D eigenvalue weighted by atomic mass is 9.82. The van der Waals surface area contributed by atoms with E-state index in [0.29, 0.717) is 34.6 Å². The predicted molar refractivity (Wildman–Crippen MR) is 123 cm³/mol. The molecular weight excluding hydrogens is 458 g/mol. The third-order valence-corrected chi connectivity index (χ3v) is 7.17. The van der Waals surface area contributed by atoms with E-state index in [1.54, 1.807) is 7.11 Å². The third kappa shape index (κ3) is 3.96. The minimum atomic E-state index is -0.0893. The normalized spacial score (nSPS) is 23.6. The summed E-state index contributed by atoms with van der Waals surface area (Å²) >= 11 is 3.52. The number of nitrogens with one attached hydrogen (secondary N) is 1. The van der Waals surface area contributed by atoms with Crippen LogP contribution >= 0.6 is 15.9 Å². The first-order valence-corrected chi connectivity index (χ1v) is 11.6. The molecule has 2 bridgehead atoms. The second kappa shape index (κ2) is 8.28. The van der Waals surface area contributed by atoms with Crippen molar-refractivity contribution in [2.75, 3.05) is 14.2 Å². The Hall–Kier alpha value is -2.38. The van der Waals surface area contributed by atoms with Gasteiger partial charge in [0.05, 0.1) is 12.7 Å². The van der Waals surface area contributed by atoms with Crippen molar-refractivity contribution in [3.8, 4) is 17.2 Å². The predicted octanol–water partition coefficient (Wildman–Crippen LogP) is 5.01. The van der Waals surface area contributed by atoms with Gasteiger partial charge in [0.15, 0.2) is 5.58 Å². The molecule has 2 saturated heterocycles. The molecule has 31 heavy (non-hydrogen) atoms. The highest BCUT2D eigenvalue weighted by Crippen LogP contribution is 2.34. The van der Waals surface area contributed by atoms with Crippen LogP contribution in [0.15, 0.2) is 45.3 Å². The maximum atomic E-state index is 13.3. The van der Waals surface area contributed by atoms with Crippen LogP contribution in [0.4, 0.5) is 0 Å². The van der Waals surface area contributed by atoms with Crippen molar-refractivity contribution in [3.63, 3.8) is 0 Å². The van der Waals surface area contributed by atoms with E-state index in [1.807, 2.05) is 36.4 Å². The molecule has 2 atom stereocenters. The van der Waals surface area contributed by atoms with Gasteiger partial charge in [-0.25, -0.2) is 4.98 Å². The first-order valence-electron chi connectivity index (χ1n) is 10.8. The number of benzene rings is 2. The molecule has 2 fully saturated rings. The molecule has 3 aromatic rings. The van der Waals surface area contributed by atoms with E-state index < -0.39 is 0 Å². The van der Waals surface area contributed by atoms with Crippen LogP contribution in [-0.4, -0.2) is 48.1 Å². The van der Waals surface area contributed by atoms with Crippen LogP contribution in [-0.2, 0) is 0 Å². The molecule has 2 unspecified atom stereocenters. The number of rotatable bonds is 4. The summed E-state index contributed by atoms with van der Waals surface area (Å²) in [5.74, 6) is 1.16. The van der Waals surface area contributed by atoms with E-state index in [9.17, 15) is 4.79 Å². The fraction of sp³-hybridized carbons (Fsp3) is 0.417. The Morgan fingerprint density at radius 2 is 1.90 bits per heavy atom. The van der Waals surface area contributed by atoms with Crippen LogP contribution in [0, 0.1) is 0 Å². The molecule has 1 amide bonds. The lowest BCUT2D eigenvalue weighted by Gasteiger charge is -2.47. The number of carbonyl (C=O) groups excluding carboxylic acids is 1. The van der Waals surface area contributed by atoms with Crippen molar-refractivity contribution in [2.45, 2.75) is 50.2 Å². The van der Waals surface area contributed by atoms with Crippen LogP contribution in [0.3, 0.4) is 0 Å². The number of nitrogens with zero attached hydrogens (tertiary/aromatic N) is 2. The lowest BCUT2D eigenvalue weighted by Crippen LogP contribution is -2.55. The summed E-state index contributed by atoms with van der Waals surface area (Å²) in [7, 11) is 3.86. The van der Waals surface area contributed by atoms with Crippen molar-refractivity contribution in [3.05, 3.63) is 46.4 Å². The maximum Gasteiger partial charge on any atom is 0.253 e. The number of oxazole rings is 1. The summed E-state index contributed by atoms with van der Waals surface area (Å²) in [4.78, 5) is 20.4. The Morgan fingerprint density at radius 1 is 1.19 bits per heavy atom. The Labute approximate surface area is 190 Å². The van der Waals surface area contributed by atoms with Crippen molar-refractivity contribution in [2.24, 2.45) is 0 Å². The first kappa shape index (κ1) is 20.5. The minimum Gasteiger partial charge on any atom is -0.497 e. The standard InChI is InChI=1S/C24H26BrN3O3/c1-28-17-4-3-5-18(28)13-16(12-17)26-23(29)20-10-15(25)11-21-22(20)27-24(31-21)14-6-8-19(30-2)9-7-14/h6-11,16-18H,3-5,12-13H2,1-2H3,(H,26,29). The van der Waals surface area contributed by atoms with Crippen molar-refractivity contribution in [1.29, 1.82) is 0 Å². The molecule has 6 nitrogen and oxygen atoms in total. The maximum absolute atomic E-state index is 13.3. The van der Waals surface area contributed by atoms with E-state index in [0.717, 1.165) is 28.6 Å². The van der Waals surface area contributed by atoms with Gasteiger partial charge in [0.1, 0.15) is 11.3 Å². The highest BCUT2D eigenvalue weighted by molar-refractivity contribution is 9.10. The van der Waals surface area contributed by atoms with Gasteiger partial charge in [-0.05, 0) is 69.1 Å². The average molecular weight is 484 g/mol. The van der Waals surface area contributed by atoms with Crippen molar-refractivity contribution >= 4 is 32.9 Å². The number of fused-ring (bicyclic) bond motifs is 3. The molecule has 7 heteroatoms. The van der Waals surface area contributed by atoms with Gasteiger partial charge in [-0.15, -0.1) is 0 Å². The number of piperidine rings is 2. The second-order valence-corrected chi connectivity index (χ2v) is 9.51. The van der Waals surface area contributed by atoms with Gasteiger partial charge < -0.3 is 19.4 Å². The summed E-state index contributed by atoms with van der Waals surface area (Å²) in [6, 6.07) is 12.5. The summed E-state index contributed by atoms with van der Waals surface area (Å²) in [5, 5.41) is 3.28. The molecular formula is C24H26BrN3O3. The Morgan fingerprint density at radius 3 is 2.58 bits per heavy atom. The van der Waals surface area contributed by atoms with Gasteiger partial charge in [-0.2, -0.15) is 0 Å². The highest BCUT2D eigenvalue weighted by Gasteiger charge is 2.36. The van der Waals surface area contributed by atoms with E-state index >= 15 is 0 Å². The van der Waals surface area contributed by atoms with E-state index in [2.05, 4.69) is 38.2 Å². The number of hydrogen-bond acceptors (Lipinski definition) is 5. The molecule has 0 radical (unpaired) electrons. The summed E-state index contributed by atoms with van der Waals surface area (Å²) in [6.07, 6.45) is 5.74. The quantitative estimate of drug-likeness (QED) is 0.564.